The van der Waals surface area contributed by atoms with Crippen molar-refractivity contribution in [2.75, 3.05) is 7.05 Å². The summed E-state index contributed by atoms with van der Waals surface area (Å²) in [5.41, 5.74) is 1.47. The van der Waals surface area contributed by atoms with Gasteiger partial charge in [0.25, 0.3) is 0 Å². The van der Waals surface area contributed by atoms with E-state index in [0.29, 0.717) is 11.1 Å². The summed E-state index contributed by atoms with van der Waals surface area (Å²) in [5, 5.41) is 10.4. The SMILES string of the molecule is CN=Cc1cc(F)cc(C(C)(C)c2ccccc2)c1O. The highest BCUT2D eigenvalue weighted by atomic mass is 19.1. The summed E-state index contributed by atoms with van der Waals surface area (Å²) in [6.45, 7) is 3.92. The summed E-state index contributed by atoms with van der Waals surface area (Å²) in [4.78, 5) is 3.85. The molecule has 2 aromatic rings. The number of halogens is 1. The Balaban J connectivity index is 2.63. The summed E-state index contributed by atoms with van der Waals surface area (Å²) < 4.78 is 13.8. The molecule has 0 radical (unpaired) electrons. The van der Waals surface area contributed by atoms with Crippen LogP contribution in [0.1, 0.15) is 30.5 Å². The fourth-order valence-corrected chi connectivity index (χ4v) is 2.34. The van der Waals surface area contributed by atoms with E-state index in [0.717, 1.165) is 5.56 Å². The van der Waals surface area contributed by atoms with Crippen molar-refractivity contribution in [1.82, 2.24) is 0 Å². The van der Waals surface area contributed by atoms with E-state index >= 15 is 0 Å². The topological polar surface area (TPSA) is 32.6 Å². The lowest BCUT2D eigenvalue weighted by Gasteiger charge is -2.27. The van der Waals surface area contributed by atoms with E-state index in [1.807, 2.05) is 44.2 Å². The lowest BCUT2D eigenvalue weighted by molar-refractivity contribution is 0.449. The first-order chi connectivity index (χ1) is 9.46. The zero-order valence-electron chi connectivity index (χ0n) is 11.9. The first kappa shape index (κ1) is 14.3. The Morgan fingerprint density at radius 3 is 2.40 bits per heavy atom. The summed E-state index contributed by atoms with van der Waals surface area (Å²) in [5.74, 6) is -0.303. The Morgan fingerprint density at radius 2 is 1.80 bits per heavy atom. The molecule has 2 aromatic carbocycles. The van der Waals surface area contributed by atoms with Gasteiger partial charge in [-0.15, -0.1) is 0 Å². The Bertz CT molecular complexity index is 633. The normalized spacial score (nSPS) is 12.0. The molecule has 0 aliphatic rings. The van der Waals surface area contributed by atoms with Gasteiger partial charge in [-0.2, -0.15) is 0 Å². The summed E-state index contributed by atoms with van der Waals surface area (Å²) in [6.07, 6.45) is 1.46. The molecule has 0 aliphatic carbocycles. The van der Waals surface area contributed by atoms with Crippen LogP contribution >= 0.6 is 0 Å². The van der Waals surface area contributed by atoms with E-state index in [1.165, 1.54) is 18.3 Å². The molecule has 3 heteroatoms. The smallest absolute Gasteiger partial charge is 0.128 e. The van der Waals surface area contributed by atoms with Crippen molar-refractivity contribution in [3.63, 3.8) is 0 Å². The lowest BCUT2D eigenvalue weighted by Crippen LogP contribution is -2.19. The highest BCUT2D eigenvalue weighted by molar-refractivity contribution is 5.84. The van der Waals surface area contributed by atoms with Gasteiger partial charge in [0, 0.05) is 29.8 Å². The third-order valence-electron chi connectivity index (χ3n) is 3.54. The molecule has 0 spiro atoms. The Morgan fingerprint density at radius 1 is 1.15 bits per heavy atom. The molecule has 0 amide bonds. The molecule has 0 saturated carbocycles. The van der Waals surface area contributed by atoms with Crippen molar-refractivity contribution >= 4 is 6.21 Å². The van der Waals surface area contributed by atoms with Gasteiger partial charge in [-0.1, -0.05) is 44.2 Å². The van der Waals surface area contributed by atoms with Crippen LogP contribution < -0.4 is 0 Å². The van der Waals surface area contributed by atoms with Gasteiger partial charge in [-0.25, -0.2) is 4.39 Å². The van der Waals surface area contributed by atoms with Crippen molar-refractivity contribution in [2.24, 2.45) is 4.99 Å². The van der Waals surface area contributed by atoms with Crippen LogP contribution in [0.15, 0.2) is 47.5 Å². The monoisotopic (exact) mass is 271 g/mol. The molecule has 0 bridgehead atoms. The number of nitrogens with zero attached hydrogens (tertiary/aromatic N) is 1. The Labute approximate surface area is 118 Å². The second-order valence-electron chi connectivity index (χ2n) is 5.27. The average Bonchev–Trinajstić information content (AvgIpc) is 2.43. The fourth-order valence-electron chi connectivity index (χ4n) is 2.34. The largest absolute Gasteiger partial charge is 0.507 e. The Kier molecular flexibility index (Phi) is 3.89. The van der Waals surface area contributed by atoms with Crippen LogP contribution in [-0.2, 0) is 5.41 Å². The van der Waals surface area contributed by atoms with E-state index in [-0.39, 0.29) is 11.6 Å². The van der Waals surface area contributed by atoms with Crippen LogP contribution in [0.4, 0.5) is 4.39 Å². The summed E-state index contributed by atoms with van der Waals surface area (Å²) >= 11 is 0. The molecule has 0 atom stereocenters. The fraction of sp³-hybridized carbons (Fsp3) is 0.235. The number of aromatic hydroxyl groups is 1. The predicted molar refractivity (Wildman–Crippen MR) is 80.2 cm³/mol. The predicted octanol–water partition coefficient (Wildman–Crippen LogP) is 3.91. The minimum Gasteiger partial charge on any atom is -0.507 e. The molecule has 104 valence electrons. The molecule has 2 nitrogen and oxygen atoms in total. The number of aliphatic imine (C=N–C) groups is 1. The van der Waals surface area contributed by atoms with Gasteiger partial charge in [-0.05, 0) is 17.7 Å². The zero-order chi connectivity index (χ0) is 14.8. The standard InChI is InChI=1S/C17H18FNO/c1-17(2,13-7-5-4-6-8-13)15-10-14(18)9-12(11-19-3)16(15)20/h4-11,20H,1-3H3. The number of phenols is 1. The minimum atomic E-state index is -0.496. The Hall–Kier alpha value is -2.16. The van der Waals surface area contributed by atoms with E-state index < -0.39 is 5.41 Å². The van der Waals surface area contributed by atoms with Crippen molar-refractivity contribution in [1.29, 1.82) is 0 Å². The van der Waals surface area contributed by atoms with Gasteiger partial charge in [-0.3, -0.25) is 4.99 Å². The van der Waals surface area contributed by atoms with E-state index in [4.69, 9.17) is 0 Å². The average molecular weight is 271 g/mol. The number of hydrogen-bond acceptors (Lipinski definition) is 2. The molecular weight excluding hydrogens is 253 g/mol. The summed E-state index contributed by atoms with van der Waals surface area (Å²) in [7, 11) is 1.59. The van der Waals surface area contributed by atoms with Crippen LogP contribution in [0.25, 0.3) is 0 Å². The highest BCUT2D eigenvalue weighted by Gasteiger charge is 2.27. The van der Waals surface area contributed by atoms with E-state index in [9.17, 15) is 9.50 Å². The quantitative estimate of drug-likeness (QED) is 0.843. The second-order valence-corrected chi connectivity index (χ2v) is 5.27. The molecular formula is C17H18FNO. The van der Waals surface area contributed by atoms with Gasteiger partial charge in [0.15, 0.2) is 0 Å². The molecule has 1 N–H and O–H groups in total. The van der Waals surface area contributed by atoms with Crippen molar-refractivity contribution < 1.29 is 9.50 Å². The molecule has 0 saturated heterocycles. The maximum absolute atomic E-state index is 13.8. The molecule has 20 heavy (non-hydrogen) atoms. The zero-order valence-corrected chi connectivity index (χ0v) is 11.9. The molecule has 0 unspecified atom stereocenters. The minimum absolute atomic E-state index is 0.0749. The van der Waals surface area contributed by atoms with Crippen LogP contribution in [-0.4, -0.2) is 18.4 Å². The molecule has 0 aromatic heterocycles. The molecule has 2 rings (SSSR count). The number of benzene rings is 2. The third kappa shape index (κ3) is 2.57. The molecule has 0 fully saturated rings. The number of phenolic OH excluding ortho intramolecular Hbond substituents is 1. The third-order valence-corrected chi connectivity index (χ3v) is 3.54. The van der Waals surface area contributed by atoms with Gasteiger partial charge in [0.2, 0.25) is 0 Å². The highest BCUT2D eigenvalue weighted by Crippen LogP contribution is 2.38. The van der Waals surface area contributed by atoms with Gasteiger partial charge in [0.05, 0.1) is 0 Å². The van der Waals surface area contributed by atoms with Crippen LogP contribution in [0.2, 0.25) is 0 Å². The van der Waals surface area contributed by atoms with Gasteiger partial charge in [0.1, 0.15) is 11.6 Å². The van der Waals surface area contributed by atoms with Crippen molar-refractivity contribution in [3.05, 3.63) is 65.0 Å². The maximum Gasteiger partial charge on any atom is 0.128 e. The van der Waals surface area contributed by atoms with Crippen molar-refractivity contribution in [2.45, 2.75) is 19.3 Å². The van der Waals surface area contributed by atoms with Gasteiger partial charge < -0.3 is 5.11 Å². The summed E-state index contributed by atoms with van der Waals surface area (Å²) in [6, 6.07) is 12.4. The first-order valence-electron chi connectivity index (χ1n) is 6.47. The second kappa shape index (κ2) is 5.45. The van der Waals surface area contributed by atoms with Crippen LogP contribution in [0, 0.1) is 5.82 Å². The van der Waals surface area contributed by atoms with Gasteiger partial charge >= 0.3 is 0 Å². The molecule has 0 aliphatic heterocycles. The first-order valence-corrected chi connectivity index (χ1v) is 6.47. The number of rotatable bonds is 3. The van der Waals surface area contributed by atoms with Crippen LogP contribution in [0.5, 0.6) is 5.75 Å². The lowest BCUT2D eigenvalue weighted by atomic mass is 9.77. The van der Waals surface area contributed by atoms with E-state index in [2.05, 4.69) is 4.99 Å². The van der Waals surface area contributed by atoms with Crippen molar-refractivity contribution in [3.8, 4) is 5.75 Å². The van der Waals surface area contributed by atoms with Crippen LogP contribution in [0.3, 0.4) is 0 Å². The maximum atomic E-state index is 13.8. The van der Waals surface area contributed by atoms with E-state index in [1.54, 1.807) is 7.05 Å². The molecule has 0 heterocycles. The number of hydrogen-bond donors (Lipinski definition) is 1.